The second-order valence-electron chi connectivity index (χ2n) is 2.48. The number of benzene rings is 1. The van der Waals surface area contributed by atoms with Crippen LogP contribution in [0.3, 0.4) is 0 Å². The second kappa shape index (κ2) is 2.64. The van der Waals surface area contributed by atoms with Gasteiger partial charge < -0.3 is 4.42 Å². The maximum Gasteiger partial charge on any atom is 0.211 e. The van der Waals surface area contributed by atoms with Crippen molar-refractivity contribution in [3.05, 3.63) is 40.9 Å². The van der Waals surface area contributed by atoms with E-state index in [0.717, 1.165) is 5.39 Å². The van der Waals surface area contributed by atoms with Crippen LogP contribution >= 0.6 is 11.6 Å². The molecule has 1 aromatic carbocycles. The Hall–Kier alpha value is -1.28. The summed E-state index contributed by atoms with van der Waals surface area (Å²) >= 11 is 5.77. The van der Waals surface area contributed by atoms with Crippen LogP contribution in [0.1, 0.15) is 0 Å². The molecule has 2 nitrogen and oxygen atoms in total. The first-order valence-electron chi connectivity index (χ1n) is 3.50. The van der Waals surface area contributed by atoms with Gasteiger partial charge in [0.05, 0.1) is 0 Å². The minimum Gasteiger partial charge on any atom is -0.439 e. The third-order valence-electron chi connectivity index (χ3n) is 1.61. The Labute approximate surface area is 73.9 Å². The summed E-state index contributed by atoms with van der Waals surface area (Å²) in [5.41, 5.74) is 0.844. The van der Waals surface area contributed by atoms with Gasteiger partial charge in [0.2, 0.25) is 5.55 Å². The maximum absolute atomic E-state index is 7.23. The van der Waals surface area contributed by atoms with Gasteiger partial charge in [-0.1, -0.05) is 11.6 Å². The molecule has 0 aliphatic carbocycles. The van der Waals surface area contributed by atoms with Crippen LogP contribution in [-0.4, -0.2) is 0 Å². The molecule has 0 radical (unpaired) electrons. The van der Waals surface area contributed by atoms with Crippen LogP contribution in [0.5, 0.6) is 0 Å². The van der Waals surface area contributed by atoms with Crippen molar-refractivity contribution in [3.8, 4) is 0 Å². The van der Waals surface area contributed by atoms with E-state index in [1.165, 1.54) is 0 Å². The Bertz CT molecular complexity index is 475. The van der Waals surface area contributed by atoms with Gasteiger partial charge in [-0.3, -0.25) is 5.41 Å². The summed E-state index contributed by atoms with van der Waals surface area (Å²) in [5, 5.41) is 8.82. The monoisotopic (exact) mass is 179 g/mol. The molecule has 0 fully saturated rings. The number of fused-ring (bicyclic) bond motifs is 1. The van der Waals surface area contributed by atoms with Crippen molar-refractivity contribution in [2.75, 3.05) is 0 Å². The van der Waals surface area contributed by atoms with Gasteiger partial charge in [-0.25, -0.2) is 0 Å². The van der Waals surface area contributed by atoms with Gasteiger partial charge in [0.15, 0.2) is 0 Å². The van der Waals surface area contributed by atoms with Gasteiger partial charge in [0, 0.05) is 16.5 Å². The molecule has 0 spiro atoms. The molecule has 3 heteroatoms. The molecule has 0 amide bonds. The Morgan fingerprint density at radius 1 is 1.17 bits per heavy atom. The fourth-order valence-electron chi connectivity index (χ4n) is 1.06. The van der Waals surface area contributed by atoms with E-state index in [4.69, 9.17) is 21.4 Å². The quantitative estimate of drug-likeness (QED) is 0.663. The summed E-state index contributed by atoms with van der Waals surface area (Å²) in [5.74, 6) is 0. The molecule has 12 heavy (non-hydrogen) atoms. The number of halogens is 1. The number of hydrogen-bond acceptors (Lipinski definition) is 2. The first-order chi connectivity index (χ1) is 5.75. The van der Waals surface area contributed by atoms with Crippen LogP contribution in [0.25, 0.3) is 11.0 Å². The average molecular weight is 180 g/mol. The van der Waals surface area contributed by atoms with Crippen molar-refractivity contribution in [2.24, 2.45) is 0 Å². The molecule has 0 saturated heterocycles. The highest BCUT2D eigenvalue weighted by atomic mass is 35.5. The molecule has 2 rings (SSSR count). The largest absolute Gasteiger partial charge is 0.439 e. The van der Waals surface area contributed by atoms with Crippen LogP contribution in [0.4, 0.5) is 0 Å². The zero-order valence-electron chi connectivity index (χ0n) is 6.17. The molecular weight excluding hydrogens is 174 g/mol. The highest BCUT2D eigenvalue weighted by molar-refractivity contribution is 6.31. The predicted molar refractivity (Wildman–Crippen MR) is 47.1 cm³/mol. The molecule has 1 aromatic heterocycles. The zero-order valence-corrected chi connectivity index (χ0v) is 6.93. The summed E-state index contributed by atoms with van der Waals surface area (Å²) in [4.78, 5) is 0. The minimum absolute atomic E-state index is 0.157. The molecule has 0 aliphatic rings. The van der Waals surface area contributed by atoms with Crippen molar-refractivity contribution < 1.29 is 4.42 Å². The third-order valence-corrected chi connectivity index (χ3v) is 1.84. The van der Waals surface area contributed by atoms with Gasteiger partial charge in [-0.05, 0) is 24.3 Å². The smallest absolute Gasteiger partial charge is 0.211 e. The lowest BCUT2D eigenvalue weighted by Crippen LogP contribution is -1.94. The Morgan fingerprint density at radius 2 is 2.00 bits per heavy atom. The molecular formula is C9H6ClNO. The van der Waals surface area contributed by atoms with Gasteiger partial charge in [-0.15, -0.1) is 0 Å². The van der Waals surface area contributed by atoms with E-state index >= 15 is 0 Å². The van der Waals surface area contributed by atoms with Crippen LogP contribution in [0, 0.1) is 5.41 Å². The van der Waals surface area contributed by atoms with E-state index in [1.54, 1.807) is 24.3 Å². The summed E-state index contributed by atoms with van der Waals surface area (Å²) < 4.78 is 5.12. The van der Waals surface area contributed by atoms with E-state index in [9.17, 15) is 0 Å². The van der Waals surface area contributed by atoms with E-state index in [1.807, 2.05) is 6.07 Å². The van der Waals surface area contributed by atoms with Crippen LogP contribution in [0.15, 0.2) is 34.7 Å². The van der Waals surface area contributed by atoms with Crippen molar-refractivity contribution in [3.63, 3.8) is 0 Å². The van der Waals surface area contributed by atoms with Crippen molar-refractivity contribution in [1.29, 1.82) is 5.41 Å². The topological polar surface area (TPSA) is 37.0 Å². The van der Waals surface area contributed by atoms with Crippen molar-refractivity contribution in [1.82, 2.24) is 0 Å². The lowest BCUT2D eigenvalue weighted by atomic mass is 10.2. The fraction of sp³-hybridized carbons (Fsp3) is 0. The maximum atomic E-state index is 7.23. The SMILES string of the molecule is N=c1ccc2cc(Cl)ccc2o1. The molecule has 0 unspecified atom stereocenters. The summed E-state index contributed by atoms with van der Waals surface area (Å²) in [6.45, 7) is 0. The normalized spacial score (nSPS) is 10.4. The number of nitrogens with one attached hydrogen (secondary N) is 1. The molecule has 0 atom stereocenters. The molecule has 1 heterocycles. The van der Waals surface area contributed by atoms with Crippen LogP contribution in [0.2, 0.25) is 5.02 Å². The highest BCUT2D eigenvalue weighted by Gasteiger charge is 1.94. The van der Waals surface area contributed by atoms with Crippen LogP contribution in [-0.2, 0) is 0 Å². The Balaban J connectivity index is 2.87. The molecule has 2 aromatic rings. The summed E-state index contributed by atoms with van der Waals surface area (Å²) in [6, 6.07) is 8.72. The van der Waals surface area contributed by atoms with Crippen molar-refractivity contribution in [2.45, 2.75) is 0 Å². The number of hydrogen-bond donors (Lipinski definition) is 1. The van der Waals surface area contributed by atoms with E-state index in [2.05, 4.69) is 0 Å². The van der Waals surface area contributed by atoms with Gasteiger partial charge in [0.25, 0.3) is 0 Å². The van der Waals surface area contributed by atoms with Gasteiger partial charge in [-0.2, -0.15) is 0 Å². The third kappa shape index (κ3) is 1.21. The van der Waals surface area contributed by atoms with Crippen LogP contribution < -0.4 is 5.55 Å². The summed E-state index contributed by atoms with van der Waals surface area (Å²) in [6.07, 6.45) is 0. The second-order valence-corrected chi connectivity index (χ2v) is 2.92. The zero-order chi connectivity index (χ0) is 8.55. The first kappa shape index (κ1) is 7.37. The van der Waals surface area contributed by atoms with E-state index in [-0.39, 0.29) is 5.55 Å². The summed E-state index contributed by atoms with van der Waals surface area (Å²) in [7, 11) is 0. The van der Waals surface area contributed by atoms with Gasteiger partial charge in [0.1, 0.15) is 5.58 Å². The lowest BCUT2D eigenvalue weighted by molar-refractivity contribution is 0.533. The average Bonchev–Trinajstić information content (AvgIpc) is 2.05. The highest BCUT2D eigenvalue weighted by Crippen LogP contribution is 2.16. The Morgan fingerprint density at radius 3 is 2.83 bits per heavy atom. The van der Waals surface area contributed by atoms with E-state index in [0.29, 0.717) is 10.6 Å². The lowest BCUT2D eigenvalue weighted by Gasteiger charge is -1.95. The van der Waals surface area contributed by atoms with Gasteiger partial charge >= 0.3 is 0 Å². The first-order valence-corrected chi connectivity index (χ1v) is 3.87. The molecule has 0 aliphatic heterocycles. The fourth-order valence-corrected chi connectivity index (χ4v) is 1.24. The number of rotatable bonds is 0. The standard InChI is InChI=1S/C9H6ClNO/c10-7-2-3-8-6(5-7)1-4-9(11)12-8/h1-5,11H. The molecule has 0 saturated carbocycles. The molecule has 1 N–H and O–H groups in total. The minimum atomic E-state index is 0.157. The van der Waals surface area contributed by atoms with Crippen molar-refractivity contribution >= 4 is 22.6 Å². The Kier molecular flexibility index (Phi) is 1.62. The predicted octanol–water partition coefficient (Wildman–Crippen LogP) is 2.57. The molecule has 0 bridgehead atoms. The van der Waals surface area contributed by atoms with E-state index < -0.39 is 0 Å². The molecule has 60 valence electrons.